The molecule has 0 saturated heterocycles. The standard InChI is InChI=1S/C23H17Cl2N3O2S2/c1-10-6-4-5-7-13(10)18-11(2)27-28(20(18)21(29)30)23-26-19-15-9-17(25)16(24)8-14(15)12(3)31-22(19)32-23/h4-9,12H,1-3H3,(H,29,30). The van der Waals surface area contributed by atoms with E-state index in [1.807, 2.05) is 50.2 Å². The molecule has 0 amide bonds. The van der Waals surface area contributed by atoms with Gasteiger partial charge in [0.2, 0.25) is 5.13 Å². The van der Waals surface area contributed by atoms with Crippen molar-refractivity contribution < 1.29 is 9.90 Å². The first-order chi connectivity index (χ1) is 15.3. The summed E-state index contributed by atoms with van der Waals surface area (Å²) in [6.07, 6.45) is 0. The zero-order valence-electron chi connectivity index (χ0n) is 17.3. The van der Waals surface area contributed by atoms with Crippen molar-refractivity contribution in [3.63, 3.8) is 0 Å². The first kappa shape index (κ1) is 21.5. The third-order valence-corrected chi connectivity index (χ3v) is 8.61. The predicted octanol–water partition coefficient (Wildman–Crippen LogP) is 7.45. The average molecular weight is 502 g/mol. The van der Waals surface area contributed by atoms with Crippen molar-refractivity contribution in [2.24, 2.45) is 0 Å². The maximum absolute atomic E-state index is 12.4. The number of hydrogen-bond acceptors (Lipinski definition) is 5. The Labute approximate surface area is 203 Å². The SMILES string of the molecule is Cc1ccccc1-c1c(C)nn(-c2nc3c(s2)SC(C)c2cc(Cl)c(Cl)cc2-3)c1C(=O)O. The molecule has 0 radical (unpaired) electrons. The van der Waals surface area contributed by atoms with Gasteiger partial charge in [0.05, 0.1) is 25.6 Å². The Morgan fingerprint density at radius 1 is 1.12 bits per heavy atom. The van der Waals surface area contributed by atoms with Crippen LogP contribution in [-0.4, -0.2) is 25.8 Å². The van der Waals surface area contributed by atoms with E-state index in [-0.39, 0.29) is 10.9 Å². The number of carbonyl (C=O) groups is 1. The van der Waals surface area contributed by atoms with Gasteiger partial charge in [-0.1, -0.05) is 58.8 Å². The fourth-order valence-electron chi connectivity index (χ4n) is 4.00. The van der Waals surface area contributed by atoms with Gasteiger partial charge in [0.25, 0.3) is 0 Å². The van der Waals surface area contributed by atoms with E-state index in [4.69, 9.17) is 28.2 Å². The van der Waals surface area contributed by atoms with E-state index in [0.29, 0.717) is 26.4 Å². The number of fused-ring (bicyclic) bond motifs is 3. The van der Waals surface area contributed by atoms with E-state index < -0.39 is 5.97 Å². The first-order valence-corrected chi connectivity index (χ1v) is 12.3. The summed E-state index contributed by atoms with van der Waals surface area (Å²) in [5, 5.41) is 16.4. The molecule has 0 fully saturated rings. The summed E-state index contributed by atoms with van der Waals surface area (Å²) in [6.45, 7) is 5.89. The number of benzene rings is 2. The zero-order chi connectivity index (χ0) is 22.7. The van der Waals surface area contributed by atoms with Gasteiger partial charge in [-0.25, -0.2) is 9.78 Å². The average Bonchev–Trinajstić information content (AvgIpc) is 3.31. The lowest BCUT2D eigenvalue weighted by Crippen LogP contribution is -2.09. The van der Waals surface area contributed by atoms with E-state index in [9.17, 15) is 9.90 Å². The first-order valence-electron chi connectivity index (χ1n) is 9.82. The topological polar surface area (TPSA) is 68.0 Å². The molecule has 0 spiro atoms. The van der Waals surface area contributed by atoms with E-state index in [1.54, 1.807) is 11.8 Å². The van der Waals surface area contributed by atoms with E-state index >= 15 is 0 Å². The number of hydrogen-bond donors (Lipinski definition) is 1. The number of halogens is 2. The van der Waals surface area contributed by atoms with Crippen LogP contribution in [0.25, 0.3) is 27.5 Å². The van der Waals surface area contributed by atoms with Crippen LogP contribution in [0.4, 0.5) is 0 Å². The van der Waals surface area contributed by atoms with Crippen LogP contribution in [0.1, 0.15) is 39.5 Å². The largest absolute Gasteiger partial charge is 0.476 e. The smallest absolute Gasteiger partial charge is 0.355 e. The van der Waals surface area contributed by atoms with Crippen LogP contribution in [0.2, 0.25) is 10.0 Å². The Morgan fingerprint density at radius 2 is 1.84 bits per heavy atom. The molecule has 1 atom stereocenters. The van der Waals surface area contributed by atoms with Crippen LogP contribution in [0.3, 0.4) is 0 Å². The van der Waals surface area contributed by atoms with Gasteiger partial charge in [-0.3, -0.25) is 0 Å². The summed E-state index contributed by atoms with van der Waals surface area (Å²) in [4.78, 5) is 17.2. The zero-order valence-corrected chi connectivity index (χ0v) is 20.5. The molecule has 32 heavy (non-hydrogen) atoms. The molecule has 0 aliphatic carbocycles. The predicted molar refractivity (Wildman–Crippen MR) is 131 cm³/mol. The van der Waals surface area contributed by atoms with Crippen molar-refractivity contribution in [2.75, 3.05) is 0 Å². The second kappa shape index (κ2) is 7.92. The summed E-state index contributed by atoms with van der Waals surface area (Å²) in [5.74, 6) is -1.05. The summed E-state index contributed by atoms with van der Waals surface area (Å²) in [5.41, 5.74) is 5.96. The van der Waals surface area contributed by atoms with Gasteiger partial charge in [-0.2, -0.15) is 9.78 Å². The minimum Gasteiger partial charge on any atom is -0.476 e. The lowest BCUT2D eigenvalue weighted by molar-refractivity contribution is 0.0688. The lowest BCUT2D eigenvalue weighted by atomic mass is 9.99. The minimum atomic E-state index is -1.05. The normalized spacial score (nSPS) is 14.8. The molecular formula is C23H17Cl2N3O2S2. The lowest BCUT2D eigenvalue weighted by Gasteiger charge is -2.21. The molecule has 2 aromatic carbocycles. The Kier molecular flexibility index (Phi) is 5.33. The molecule has 162 valence electrons. The van der Waals surface area contributed by atoms with Crippen molar-refractivity contribution in [1.82, 2.24) is 14.8 Å². The fraction of sp³-hybridized carbons (Fsp3) is 0.174. The van der Waals surface area contributed by atoms with Crippen molar-refractivity contribution >= 4 is 52.3 Å². The summed E-state index contributed by atoms with van der Waals surface area (Å²) >= 11 is 15.7. The van der Waals surface area contributed by atoms with Crippen LogP contribution < -0.4 is 0 Å². The molecule has 3 heterocycles. The monoisotopic (exact) mass is 501 g/mol. The van der Waals surface area contributed by atoms with Crippen LogP contribution >= 0.6 is 46.3 Å². The highest BCUT2D eigenvalue weighted by atomic mass is 35.5. The molecule has 4 aromatic rings. The molecule has 0 saturated carbocycles. The van der Waals surface area contributed by atoms with Crippen molar-refractivity contribution in [2.45, 2.75) is 30.2 Å². The summed E-state index contributed by atoms with van der Waals surface area (Å²) in [6, 6.07) is 11.4. The molecule has 0 bridgehead atoms. The minimum absolute atomic E-state index is 0.107. The van der Waals surface area contributed by atoms with Crippen molar-refractivity contribution in [1.29, 1.82) is 0 Å². The Morgan fingerprint density at radius 3 is 2.56 bits per heavy atom. The molecule has 1 aliphatic heterocycles. The quantitative estimate of drug-likeness (QED) is 0.315. The van der Waals surface area contributed by atoms with Crippen molar-refractivity contribution in [3.05, 3.63) is 69.0 Å². The fourth-order valence-corrected chi connectivity index (χ4v) is 6.87. The number of nitrogens with zero attached hydrogens (tertiary/aromatic N) is 3. The Hall–Kier alpha value is -2.32. The van der Waals surface area contributed by atoms with Gasteiger partial charge in [-0.05, 0) is 49.6 Å². The second-order valence-corrected chi connectivity index (χ2v) is 11.0. The van der Waals surface area contributed by atoms with Crippen LogP contribution in [0, 0.1) is 13.8 Å². The summed E-state index contributed by atoms with van der Waals surface area (Å²) in [7, 11) is 0. The maximum atomic E-state index is 12.4. The number of aromatic nitrogens is 3. The van der Waals surface area contributed by atoms with Gasteiger partial charge in [-0.15, -0.1) is 11.8 Å². The molecule has 1 unspecified atom stereocenters. The van der Waals surface area contributed by atoms with Gasteiger partial charge in [0, 0.05) is 16.4 Å². The number of rotatable bonds is 3. The maximum Gasteiger partial charge on any atom is 0.355 e. The van der Waals surface area contributed by atoms with Crippen LogP contribution in [0.15, 0.2) is 40.6 Å². The van der Waals surface area contributed by atoms with Gasteiger partial charge in [0.1, 0.15) is 0 Å². The molecule has 1 aliphatic rings. The van der Waals surface area contributed by atoms with Crippen molar-refractivity contribution in [3.8, 4) is 27.5 Å². The second-order valence-electron chi connectivity index (χ2n) is 7.59. The molecule has 5 rings (SSSR count). The van der Waals surface area contributed by atoms with Crippen LogP contribution in [0.5, 0.6) is 0 Å². The van der Waals surface area contributed by atoms with Gasteiger partial charge < -0.3 is 5.11 Å². The highest BCUT2D eigenvalue weighted by Crippen LogP contribution is 2.53. The van der Waals surface area contributed by atoms with E-state index in [2.05, 4.69) is 12.0 Å². The highest BCUT2D eigenvalue weighted by Gasteiger charge is 2.31. The number of aromatic carboxylic acids is 1. The molecule has 1 N–H and O–H groups in total. The van der Waals surface area contributed by atoms with E-state index in [0.717, 1.165) is 32.2 Å². The van der Waals surface area contributed by atoms with Gasteiger partial charge >= 0.3 is 5.97 Å². The number of thioether (sulfide) groups is 1. The Bertz CT molecular complexity index is 1410. The third kappa shape index (κ3) is 3.35. The van der Waals surface area contributed by atoms with Gasteiger partial charge in [0.15, 0.2) is 5.69 Å². The highest BCUT2D eigenvalue weighted by molar-refractivity contribution is 8.01. The number of carboxylic acids is 1. The number of carboxylic acid groups (broad SMARTS) is 1. The summed E-state index contributed by atoms with van der Waals surface area (Å²) < 4.78 is 2.45. The Balaban J connectivity index is 1.72. The molecular weight excluding hydrogens is 485 g/mol. The number of thiazole rings is 1. The van der Waals surface area contributed by atoms with Crippen LogP contribution in [-0.2, 0) is 0 Å². The molecule has 9 heteroatoms. The van der Waals surface area contributed by atoms with E-state index in [1.165, 1.54) is 16.0 Å². The molecule has 2 aromatic heterocycles. The third-order valence-electron chi connectivity index (χ3n) is 5.51. The number of aryl methyl sites for hydroxylation is 2. The molecule has 5 nitrogen and oxygen atoms in total.